The maximum Gasteiger partial charge on any atom is 0.254 e. The maximum absolute atomic E-state index is 12.5. The first kappa shape index (κ1) is 15.9. The number of halogens is 1. The van der Waals surface area contributed by atoms with E-state index in [9.17, 15) is 4.79 Å². The van der Waals surface area contributed by atoms with Crippen LogP contribution in [0.1, 0.15) is 36.2 Å². The fraction of sp³-hybridized carbons (Fsp3) is 0.429. The topological polar surface area (TPSA) is 46.3 Å². The van der Waals surface area contributed by atoms with Gasteiger partial charge in [0.2, 0.25) is 0 Å². The van der Waals surface area contributed by atoms with E-state index in [2.05, 4.69) is 0 Å². The van der Waals surface area contributed by atoms with Crippen LogP contribution in [0.2, 0.25) is 5.02 Å². The minimum absolute atomic E-state index is 0.0222. The molecule has 0 aliphatic heterocycles. The number of thiocarbonyl (C=S) groups is 1. The summed E-state index contributed by atoms with van der Waals surface area (Å²) in [6.07, 6.45) is 0.534. The van der Waals surface area contributed by atoms with Crippen molar-refractivity contribution in [2.45, 2.75) is 33.2 Å². The molecule has 0 radical (unpaired) electrons. The Kier molecular flexibility index (Phi) is 5.76. The molecule has 0 aromatic heterocycles. The Bertz CT molecular complexity index is 488. The van der Waals surface area contributed by atoms with Crippen molar-refractivity contribution in [2.24, 2.45) is 5.73 Å². The van der Waals surface area contributed by atoms with Gasteiger partial charge in [-0.25, -0.2) is 0 Å². The Balaban J connectivity index is 2.92. The van der Waals surface area contributed by atoms with E-state index in [4.69, 9.17) is 29.6 Å². The molecule has 0 saturated carbocycles. The van der Waals surface area contributed by atoms with Gasteiger partial charge in [0.05, 0.1) is 4.99 Å². The zero-order valence-electron chi connectivity index (χ0n) is 11.4. The average molecular weight is 299 g/mol. The smallest absolute Gasteiger partial charge is 0.254 e. The average Bonchev–Trinajstić information content (AvgIpc) is 2.31. The molecule has 1 amide bonds. The second kappa shape index (κ2) is 6.87. The highest BCUT2D eigenvalue weighted by molar-refractivity contribution is 7.80. The highest BCUT2D eigenvalue weighted by atomic mass is 35.5. The lowest BCUT2D eigenvalue weighted by atomic mass is 10.1. The van der Waals surface area contributed by atoms with Crippen LogP contribution in [0.15, 0.2) is 18.2 Å². The second-order valence-corrected chi connectivity index (χ2v) is 5.70. The van der Waals surface area contributed by atoms with Crippen LogP contribution < -0.4 is 5.73 Å². The van der Waals surface area contributed by atoms with Gasteiger partial charge in [-0.2, -0.15) is 0 Å². The first-order valence-corrected chi connectivity index (χ1v) is 6.97. The quantitative estimate of drug-likeness (QED) is 0.849. The van der Waals surface area contributed by atoms with Crippen LogP contribution in [0.3, 0.4) is 0 Å². The van der Waals surface area contributed by atoms with Crippen LogP contribution in [0.4, 0.5) is 0 Å². The maximum atomic E-state index is 12.5. The molecular formula is C14H19ClN2OS. The molecule has 0 unspecified atom stereocenters. The molecule has 19 heavy (non-hydrogen) atoms. The molecule has 5 heteroatoms. The Labute approximate surface area is 124 Å². The minimum Gasteiger partial charge on any atom is -0.393 e. The summed E-state index contributed by atoms with van der Waals surface area (Å²) in [5.41, 5.74) is 7.03. The number of hydrogen-bond acceptors (Lipinski definition) is 2. The van der Waals surface area contributed by atoms with E-state index < -0.39 is 0 Å². The van der Waals surface area contributed by atoms with Crippen LogP contribution in [0.5, 0.6) is 0 Å². The molecule has 3 nitrogen and oxygen atoms in total. The van der Waals surface area contributed by atoms with Crippen molar-refractivity contribution in [3.63, 3.8) is 0 Å². The van der Waals surface area contributed by atoms with Crippen molar-refractivity contribution < 1.29 is 4.79 Å². The Hall–Kier alpha value is -1.13. The van der Waals surface area contributed by atoms with Gasteiger partial charge in [-0.3, -0.25) is 4.79 Å². The zero-order chi connectivity index (χ0) is 14.6. The molecule has 0 aliphatic carbocycles. The summed E-state index contributed by atoms with van der Waals surface area (Å²) >= 11 is 10.8. The number of nitrogens with two attached hydrogens (primary N) is 1. The third kappa shape index (κ3) is 4.48. The first-order valence-electron chi connectivity index (χ1n) is 6.18. The zero-order valence-corrected chi connectivity index (χ0v) is 13.0. The fourth-order valence-corrected chi connectivity index (χ4v) is 1.98. The molecule has 104 valence electrons. The molecular weight excluding hydrogens is 280 g/mol. The molecule has 0 heterocycles. The third-order valence-corrected chi connectivity index (χ3v) is 3.52. The Morgan fingerprint density at radius 1 is 1.47 bits per heavy atom. The van der Waals surface area contributed by atoms with E-state index in [-0.39, 0.29) is 11.9 Å². The van der Waals surface area contributed by atoms with Crippen LogP contribution in [-0.2, 0) is 0 Å². The molecule has 0 fully saturated rings. The predicted molar refractivity (Wildman–Crippen MR) is 83.8 cm³/mol. The van der Waals surface area contributed by atoms with E-state index in [1.807, 2.05) is 20.8 Å². The lowest BCUT2D eigenvalue weighted by molar-refractivity contribution is 0.0711. The van der Waals surface area contributed by atoms with Gasteiger partial charge in [0.25, 0.3) is 5.91 Å². The summed E-state index contributed by atoms with van der Waals surface area (Å²) < 4.78 is 0. The fourth-order valence-electron chi connectivity index (χ4n) is 1.77. The summed E-state index contributed by atoms with van der Waals surface area (Å²) in [5.74, 6) is -0.0222. The van der Waals surface area contributed by atoms with Crippen molar-refractivity contribution in [1.29, 1.82) is 0 Å². The molecule has 1 aromatic carbocycles. The summed E-state index contributed by atoms with van der Waals surface area (Å²) in [4.78, 5) is 14.6. The van der Waals surface area contributed by atoms with Gasteiger partial charge < -0.3 is 10.6 Å². The number of amides is 1. The van der Waals surface area contributed by atoms with Crippen LogP contribution in [0.25, 0.3) is 0 Å². The molecule has 0 spiro atoms. The molecule has 0 bridgehead atoms. The number of nitrogens with zero attached hydrogens (tertiary/aromatic N) is 1. The summed E-state index contributed by atoms with van der Waals surface area (Å²) in [5, 5.41) is 0.663. The SMILES string of the molecule is Cc1cc(C(=O)N(CCC(N)=S)C(C)C)ccc1Cl. The number of carbonyl (C=O) groups is 1. The standard InChI is InChI=1S/C14H19ClN2OS/c1-9(2)17(7-6-13(16)19)14(18)11-4-5-12(15)10(3)8-11/h4-5,8-9H,6-7H2,1-3H3,(H2,16,19). The van der Waals surface area contributed by atoms with Crippen LogP contribution in [0, 0.1) is 6.92 Å². The van der Waals surface area contributed by atoms with E-state index in [1.165, 1.54) is 0 Å². The summed E-state index contributed by atoms with van der Waals surface area (Å²) in [6.45, 7) is 6.36. The number of hydrogen-bond donors (Lipinski definition) is 1. The normalized spacial score (nSPS) is 10.6. The van der Waals surface area contributed by atoms with Gasteiger partial charge >= 0.3 is 0 Å². The second-order valence-electron chi connectivity index (χ2n) is 4.77. The number of rotatable bonds is 5. The van der Waals surface area contributed by atoms with Crippen molar-refractivity contribution in [1.82, 2.24) is 4.90 Å². The van der Waals surface area contributed by atoms with Crippen LogP contribution in [-0.4, -0.2) is 28.4 Å². The van der Waals surface area contributed by atoms with Gasteiger partial charge in [0.15, 0.2) is 0 Å². The molecule has 0 aliphatic rings. The van der Waals surface area contributed by atoms with Crippen molar-refractivity contribution in [2.75, 3.05) is 6.54 Å². The minimum atomic E-state index is -0.0222. The highest BCUT2D eigenvalue weighted by Gasteiger charge is 2.19. The molecule has 0 atom stereocenters. The Morgan fingerprint density at radius 3 is 2.58 bits per heavy atom. The number of benzene rings is 1. The Morgan fingerprint density at radius 2 is 2.11 bits per heavy atom. The van der Waals surface area contributed by atoms with Gasteiger partial charge in [0, 0.05) is 29.6 Å². The highest BCUT2D eigenvalue weighted by Crippen LogP contribution is 2.18. The predicted octanol–water partition coefficient (Wildman–Crippen LogP) is 3.18. The van der Waals surface area contributed by atoms with Crippen molar-refractivity contribution in [3.8, 4) is 0 Å². The lowest BCUT2D eigenvalue weighted by Crippen LogP contribution is -2.39. The van der Waals surface area contributed by atoms with E-state index in [1.54, 1.807) is 23.1 Å². The van der Waals surface area contributed by atoms with Gasteiger partial charge in [0.1, 0.15) is 0 Å². The first-order chi connectivity index (χ1) is 8.82. The van der Waals surface area contributed by atoms with Gasteiger partial charge in [-0.15, -0.1) is 0 Å². The van der Waals surface area contributed by atoms with E-state index in [0.717, 1.165) is 5.56 Å². The summed E-state index contributed by atoms with van der Waals surface area (Å²) in [7, 11) is 0. The van der Waals surface area contributed by atoms with Crippen molar-refractivity contribution in [3.05, 3.63) is 34.3 Å². The van der Waals surface area contributed by atoms with Crippen LogP contribution >= 0.6 is 23.8 Å². The van der Waals surface area contributed by atoms with Gasteiger partial charge in [-0.05, 0) is 44.5 Å². The van der Waals surface area contributed by atoms with E-state index in [0.29, 0.717) is 28.5 Å². The van der Waals surface area contributed by atoms with E-state index >= 15 is 0 Å². The number of carbonyl (C=O) groups excluding carboxylic acids is 1. The molecule has 1 rings (SSSR count). The van der Waals surface area contributed by atoms with Crippen molar-refractivity contribution >= 4 is 34.7 Å². The monoisotopic (exact) mass is 298 g/mol. The number of aryl methyl sites for hydroxylation is 1. The molecule has 0 saturated heterocycles. The largest absolute Gasteiger partial charge is 0.393 e. The molecule has 2 N–H and O–H groups in total. The van der Waals surface area contributed by atoms with Gasteiger partial charge in [-0.1, -0.05) is 23.8 Å². The summed E-state index contributed by atoms with van der Waals surface area (Å²) in [6, 6.07) is 5.39. The lowest BCUT2D eigenvalue weighted by Gasteiger charge is -2.27. The molecule has 1 aromatic rings. The third-order valence-electron chi connectivity index (χ3n) is 2.89.